The molecule has 1 aromatic rings. The van der Waals surface area contributed by atoms with Crippen molar-refractivity contribution in [3.05, 3.63) is 54.1 Å². The fourth-order valence-electron chi connectivity index (χ4n) is 6.57. The largest absolute Gasteiger partial charge is 0.466 e. The minimum Gasteiger partial charge on any atom is -0.466 e. The maximum Gasteiger partial charge on any atom is 0.306 e. The Balaban J connectivity index is 1.41. The number of Topliss-reactive ketones (excluding diaryl/α,β-unsaturated/α-hetero) is 1. The third-order valence-electron chi connectivity index (χ3n) is 9.72. The standard InChI is InChI=1S/C35H46N2O8S/c1-5-25-19-35(25,33(41)36-46(42,43)27-13-14-27)20-30(38)29-17-26-21-37(29)32(40)28(34(2,3)4)18-31(39)44-15-8-6-7-10-23-11-9-12-24(16-23)22-45-26/h5,7,9-12,16,25-29H,1,6,8,13-15,17-22H2,2-4H3,(H,36,41)/b10-7+/t25-,26-,28-,29+,35-/m1/s1. The second-order valence-electron chi connectivity index (χ2n) is 14.3. The van der Waals surface area contributed by atoms with Gasteiger partial charge in [-0.05, 0) is 60.6 Å². The van der Waals surface area contributed by atoms with E-state index in [1.807, 2.05) is 57.2 Å². The van der Waals surface area contributed by atoms with E-state index in [9.17, 15) is 27.6 Å². The van der Waals surface area contributed by atoms with Crippen molar-refractivity contribution in [2.24, 2.45) is 22.7 Å². The summed E-state index contributed by atoms with van der Waals surface area (Å²) in [6.45, 7) is 10.1. The van der Waals surface area contributed by atoms with Gasteiger partial charge in [0.05, 0.1) is 48.4 Å². The lowest BCUT2D eigenvalue weighted by atomic mass is 9.77. The number of sulfonamides is 1. The van der Waals surface area contributed by atoms with Crippen molar-refractivity contribution in [1.82, 2.24) is 9.62 Å². The smallest absolute Gasteiger partial charge is 0.306 e. The van der Waals surface area contributed by atoms with Crippen molar-refractivity contribution in [3.8, 4) is 0 Å². The van der Waals surface area contributed by atoms with Crippen molar-refractivity contribution < 1.29 is 37.1 Å². The number of esters is 1. The van der Waals surface area contributed by atoms with Gasteiger partial charge in [-0.25, -0.2) is 8.42 Å². The molecule has 1 N–H and O–H groups in total. The molecular weight excluding hydrogens is 608 g/mol. The van der Waals surface area contributed by atoms with E-state index in [4.69, 9.17) is 9.47 Å². The highest BCUT2D eigenvalue weighted by atomic mass is 32.2. The van der Waals surface area contributed by atoms with Crippen LogP contribution in [-0.2, 0) is 45.3 Å². The molecule has 1 aromatic carbocycles. The van der Waals surface area contributed by atoms with Crippen LogP contribution in [0.15, 0.2) is 43.0 Å². The third-order valence-corrected chi connectivity index (χ3v) is 11.5. The van der Waals surface area contributed by atoms with E-state index in [1.165, 1.54) is 4.90 Å². The minimum absolute atomic E-state index is 0.129. The second kappa shape index (κ2) is 13.4. The highest BCUT2D eigenvalue weighted by molar-refractivity contribution is 7.90. The van der Waals surface area contributed by atoms with Gasteiger partial charge in [0, 0.05) is 19.4 Å². The zero-order chi connectivity index (χ0) is 33.3. The van der Waals surface area contributed by atoms with E-state index in [1.54, 1.807) is 6.08 Å². The summed E-state index contributed by atoms with van der Waals surface area (Å²) in [5, 5.41) is -0.581. The van der Waals surface area contributed by atoms with Gasteiger partial charge < -0.3 is 14.4 Å². The molecule has 0 unspecified atom stereocenters. The molecule has 10 nitrogen and oxygen atoms in total. The number of ketones is 1. The average molecular weight is 655 g/mol. The molecule has 4 aliphatic rings. The first-order chi connectivity index (χ1) is 21.7. The average Bonchev–Trinajstić information content (AvgIpc) is 3.92. The quantitative estimate of drug-likeness (QED) is 0.339. The molecule has 5 atom stereocenters. The molecule has 5 rings (SSSR count). The number of cyclic esters (lactones) is 1. The summed E-state index contributed by atoms with van der Waals surface area (Å²) < 4.78 is 39.2. The Morgan fingerprint density at radius 3 is 2.63 bits per heavy atom. The number of carbonyl (C=O) groups excluding carboxylic acids is 4. The maximum atomic E-state index is 14.3. The molecule has 0 radical (unpaired) electrons. The van der Waals surface area contributed by atoms with Gasteiger partial charge in [0.1, 0.15) is 0 Å². The monoisotopic (exact) mass is 654 g/mol. The van der Waals surface area contributed by atoms with Crippen LogP contribution in [0.1, 0.15) is 83.3 Å². The van der Waals surface area contributed by atoms with Crippen molar-refractivity contribution in [2.75, 3.05) is 13.2 Å². The summed E-state index contributed by atoms with van der Waals surface area (Å²) in [6.07, 6.45) is 7.73. The summed E-state index contributed by atoms with van der Waals surface area (Å²) in [4.78, 5) is 56.2. The van der Waals surface area contributed by atoms with Crippen LogP contribution >= 0.6 is 0 Å². The molecule has 0 spiro atoms. The maximum absolute atomic E-state index is 14.3. The number of fused-ring (bicyclic) bond motifs is 4. The first kappa shape index (κ1) is 34.0. The summed E-state index contributed by atoms with van der Waals surface area (Å²) in [5.41, 5.74) is 0.116. The Labute approximate surface area is 272 Å². The number of allylic oxidation sites excluding steroid dienone is 2. The van der Waals surface area contributed by atoms with Gasteiger partial charge in [-0.15, -0.1) is 6.58 Å². The number of hydrogen-bond donors (Lipinski definition) is 1. The summed E-state index contributed by atoms with van der Waals surface area (Å²) in [7, 11) is -3.81. The molecular formula is C35H46N2O8S. The zero-order valence-electron chi connectivity index (χ0n) is 27.0. The highest BCUT2D eigenvalue weighted by Crippen LogP contribution is 2.57. The number of benzene rings is 1. The van der Waals surface area contributed by atoms with Crippen molar-refractivity contribution in [2.45, 2.75) is 96.1 Å². The molecule has 3 fully saturated rings. The summed E-state index contributed by atoms with van der Waals surface area (Å²) in [5.74, 6) is -2.96. The van der Waals surface area contributed by atoms with Gasteiger partial charge in [-0.1, -0.05) is 57.2 Å². The van der Waals surface area contributed by atoms with Gasteiger partial charge in [0.25, 0.3) is 0 Å². The lowest BCUT2D eigenvalue weighted by molar-refractivity contribution is -0.153. The van der Waals surface area contributed by atoms with E-state index in [-0.39, 0.29) is 56.6 Å². The SMILES string of the molecule is C=C[C@@H]1C[C@]1(CC(=O)[C@@H]1C[C@@H]2CN1C(=O)[C@H](C(C)(C)C)CC(=O)OCCC/C=C/c1cccc(c1)CO2)C(=O)NS(=O)(=O)C1CC1. The molecule has 2 aliphatic carbocycles. The molecule has 250 valence electrons. The van der Waals surface area contributed by atoms with Gasteiger partial charge >= 0.3 is 5.97 Å². The van der Waals surface area contributed by atoms with E-state index < -0.39 is 56.0 Å². The Hall–Kier alpha value is -3.31. The van der Waals surface area contributed by atoms with Crippen molar-refractivity contribution >= 4 is 39.7 Å². The van der Waals surface area contributed by atoms with Crippen LogP contribution in [0.4, 0.5) is 0 Å². The fourth-order valence-corrected chi connectivity index (χ4v) is 7.96. The van der Waals surface area contributed by atoms with Gasteiger partial charge in [-0.2, -0.15) is 0 Å². The van der Waals surface area contributed by atoms with Gasteiger partial charge in [-0.3, -0.25) is 23.9 Å². The summed E-state index contributed by atoms with van der Waals surface area (Å²) in [6, 6.07) is 7.03. The second-order valence-corrected chi connectivity index (χ2v) is 16.3. The Bertz CT molecular complexity index is 1510. The number of ether oxygens (including phenoxy) is 2. The Morgan fingerprint density at radius 2 is 1.96 bits per heavy atom. The van der Waals surface area contributed by atoms with Crippen LogP contribution in [-0.4, -0.2) is 67.4 Å². The predicted octanol–water partition coefficient (Wildman–Crippen LogP) is 4.34. The number of rotatable bonds is 7. The van der Waals surface area contributed by atoms with E-state index in [0.717, 1.165) is 17.5 Å². The molecule has 11 heteroatoms. The molecule has 2 heterocycles. The Morgan fingerprint density at radius 1 is 1.20 bits per heavy atom. The number of nitrogens with one attached hydrogen (secondary N) is 1. The van der Waals surface area contributed by atoms with Crippen LogP contribution in [0.25, 0.3) is 6.08 Å². The minimum atomic E-state index is -3.81. The van der Waals surface area contributed by atoms with E-state index >= 15 is 0 Å². The number of nitrogens with zero attached hydrogens (tertiary/aromatic N) is 1. The van der Waals surface area contributed by atoms with Crippen LogP contribution < -0.4 is 4.72 Å². The fraction of sp³-hybridized carbons (Fsp3) is 0.600. The van der Waals surface area contributed by atoms with Gasteiger partial charge in [0.15, 0.2) is 5.78 Å². The van der Waals surface area contributed by atoms with Crippen LogP contribution in [0.5, 0.6) is 0 Å². The number of hydrogen-bond acceptors (Lipinski definition) is 8. The molecule has 2 saturated carbocycles. The molecule has 0 aromatic heterocycles. The highest BCUT2D eigenvalue weighted by Gasteiger charge is 2.61. The molecule has 4 bridgehead atoms. The van der Waals surface area contributed by atoms with Crippen LogP contribution in [0.3, 0.4) is 0 Å². The first-order valence-corrected chi connectivity index (χ1v) is 17.8. The van der Waals surface area contributed by atoms with Crippen molar-refractivity contribution in [3.63, 3.8) is 0 Å². The molecule has 46 heavy (non-hydrogen) atoms. The third kappa shape index (κ3) is 7.79. The Kier molecular flexibility index (Phi) is 9.94. The normalized spacial score (nSPS) is 30.0. The molecule has 2 aliphatic heterocycles. The summed E-state index contributed by atoms with van der Waals surface area (Å²) >= 11 is 0. The van der Waals surface area contributed by atoms with E-state index in [0.29, 0.717) is 25.7 Å². The van der Waals surface area contributed by atoms with Crippen LogP contribution in [0.2, 0.25) is 0 Å². The lowest BCUT2D eigenvalue weighted by Crippen LogP contribution is -2.48. The number of carbonyl (C=O) groups is 4. The van der Waals surface area contributed by atoms with Gasteiger partial charge in [0.2, 0.25) is 21.8 Å². The topological polar surface area (TPSA) is 136 Å². The van der Waals surface area contributed by atoms with Crippen LogP contribution in [0, 0.1) is 22.7 Å². The first-order valence-electron chi connectivity index (χ1n) is 16.3. The van der Waals surface area contributed by atoms with Crippen molar-refractivity contribution in [1.29, 1.82) is 0 Å². The molecule has 1 saturated heterocycles. The predicted molar refractivity (Wildman–Crippen MR) is 172 cm³/mol. The van der Waals surface area contributed by atoms with E-state index in [2.05, 4.69) is 11.3 Å². The lowest BCUT2D eigenvalue weighted by Gasteiger charge is -2.34. The molecule has 2 amide bonds. The zero-order valence-corrected chi connectivity index (χ0v) is 27.9. The number of amides is 2.